The van der Waals surface area contributed by atoms with Gasteiger partial charge in [0.2, 0.25) is 5.91 Å². The molecule has 1 unspecified atom stereocenters. The fourth-order valence-corrected chi connectivity index (χ4v) is 6.56. The number of aromatic hydroxyl groups is 1. The summed E-state index contributed by atoms with van der Waals surface area (Å²) in [6.45, 7) is 4.76. The van der Waals surface area contributed by atoms with Crippen molar-refractivity contribution in [2.75, 3.05) is 31.6 Å². The number of carbonyl (C=O) groups excluding carboxylic acids is 2. The normalized spacial score (nSPS) is 16.2. The molecule has 0 radical (unpaired) electrons. The summed E-state index contributed by atoms with van der Waals surface area (Å²) < 4.78 is 12.9. The highest BCUT2D eigenvalue weighted by molar-refractivity contribution is 8.65. The number of hydrogen-bond acceptors (Lipinski definition) is 6. The van der Waals surface area contributed by atoms with E-state index in [2.05, 4.69) is 9.99 Å². The van der Waals surface area contributed by atoms with Crippen LogP contribution < -0.4 is 15.4 Å². The molecule has 3 rings (SSSR count). The van der Waals surface area contributed by atoms with Crippen molar-refractivity contribution in [2.45, 2.75) is 26.2 Å². The smallest absolute Gasteiger partial charge is 0.347 e. The number of benzene rings is 2. The van der Waals surface area contributed by atoms with Gasteiger partial charge in [-0.3, -0.25) is 9.46 Å². The molecule has 0 bridgehead atoms. The first-order chi connectivity index (χ1) is 15.3. The van der Waals surface area contributed by atoms with Crippen molar-refractivity contribution in [1.29, 1.82) is 0 Å². The van der Waals surface area contributed by atoms with E-state index in [1.165, 1.54) is 12.1 Å². The Balaban J connectivity index is 1.64. The third-order valence-electron chi connectivity index (χ3n) is 5.01. The second kappa shape index (κ2) is 11.3. The highest BCUT2D eigenvalue weighted by atomic mass is 32.9. The van der Waals surface area contributed by atoms with Crippen LogP contribution in [0.1, 0.15) is 36.5 Å². The summed E-state index contributed by atoms with van der Waals surface area (Å²) in [4.78, 5) is 24.4. The van der Waals surface area contributed by atoms with Crippen molar-refractivity contribution in [3.63, 3.8) is 0 Å². The molecular weight excluding hydrogens is 467 g/mol. The molecule has 0 aliphatic carbocycles. The van der Waals surface area contributed by atoms with Crippen molar-refractivity contribution in [2.24, 2.45) is 0 Å². The summed E-state index contributed by atoms with van der Waals surface area (Å²) in [5, 5.41) is 11.6. The summed E-state index contributed by atoms with van der Waals surface area (Å²) in [6, 6.07) is 11.3. The zero-order valence-corrected chi connectivity index (χ0v) is 20.4. The van der Waals surface area contributed by atoms with E-state index in [1.807, 2.05) is 19.1 Å². The van der Waals surface area contributed by atoms with E-state index in [4.69, 9.17) is 33.5 Å². The number of rotatable bonds is 8. The van der Waals surface area contributed by atoms with E-state index in [9.17, 15) is 14.7 Å². The molecule has 1 amide bonds. The topological polar surface area (TPSA) is 88.1 Å². The van der Waals surface area contributed by atoms with Crippen LogP contribution in [0.3, 0.4) is 0 Å². The van der Waals surface area contributed by atoms with E-state index >= 15 is 0 Å². The molecule has 2 aromatic rings. The summed E-state index contributed by atoms with van der Waals surface area (Å²) >= 11 is 10.6. The van der Waals surface area contributed by atoms with Gasteiger partial charge in [-0.05, 0) is 42.8 Å². The van der Waals surface area contributed by atoms with Gasteiger partial charge in [0, 0.05) is 36.6 Å². The minimum atomic E-state index is -2.20. The van der Waals surface area contributed by atoms with Gasteiger partial charge in [-0.25, -0.2) is 4.79 Å². The first kappa shape index (κ1) is 24.7. The molecule has 32 heavy (non-hydrogen) atoms. The van der Waals surface area contributed by atoms with Gasteiger partial charge in [-0.2, -0.15) is 0 Å². The van der Waals surface area contributed by atoms with E-state index in [0.717, 1.165) is 31.2 Å². The lowest BCUT2D eigenvalue weighted by Crippen LogP contribution is -2.35. The zero-order chi connectivity index (χ0) is 23.1. The molecule has 10 heteroatoms. The van der Waals surface area contributed by atoms with Gasteiger partial charge in [0.15, 0.2) is 0 Å². The average molecular weight is 495 g/mol. The number of esters is 1. The molecule has 7 nitrogen and oxygen atoms in total. The van der Waals surface area contributed by atoms with E-state index < -0.39 is 11.4 Å². The summed E-state index contributed by atoms with van der Waals surface area (Å²) in [5.74, 6) is -0.764. The van der Waals surface area contributed by atoms with Gasteiger partial charge < -0.3 is 19.9 Å². The maximum absolute atomic E-state index is 12.5. The lowest BCUT2D eigenvalue weighted by molar-refractivity contribution is -0.116. The third-order valence-corrected chi connectivity index (χ3v) is 9.93. The monoisotopic (exact) mass is 494 g/mol. The second-order valence-corrected chi connectivity index (χ2v) is 13.7. The Morgan fingerprint density at radius 1 is 1.22 bits per heavy atom. The number of ether oxygens (including phenoxy) is 2. The van der Waals surface area contributed by atoms with E-state index in [1.54, 1.807) is 18.2 Å². The Bertz CT molecular complexity index is 1010. The Kier molecular flexibility index (Phi) is 8.73. The van der Waals surface area contributed by atoms with Crippen LogP contribution in [0.15, 0.2) is 42.5 Å². The van der Waals surface area contributed by atoms with Crippen LogP contribution in [-0.2, 0) is 21.3 Å². The van der Waals surface area contributed by atoms with Gasteiger partial charge in [0.05, 0.1) is 18.6 Å². The fraction of sp³-hybridized carbons (Fsp3) is 0.364. The van der Waals surface area contributed by atoms with Crippen LogP contribution in [0, 0.1) is 0 Å². The second-order valence-electron chi connectivity index (χ2n) is 7.38. The van der Waals surface area contributed by atoms with Gasteiger partial charge in [0.1, 0.15) is 17.1 Å². The highest BCUT2D eigenvalue weighted by Crippen LogP contribution is 2.53. The molecule has 0 spiro atoms. The first-order valence-electron chi connectivity index (χ1n) is 10.4. The molecule has 2 N–H and O–H groups in total. The van der Waals surface area contributed by atoms with Gasteiger partial charge in [-0.1, -0.05) is 25.2 Å². The number of phenols is 1. The van der Waals surface area contributed by atoms with Crippen molar-refractivity contribution in [3.05, 3.63) is 48.0 Å². The van der Waals surface area contributed by atoms with Crippen LogP contribution in [0.5, 0.6) is 11.5 Å². The Morgan fingerprint density at radius 3 is 2.53 bits per heavy atom. The van der Waals surface area contributed by atoms with E-state index in [-0.39, 0.29) is 17.2 Å². The highest BCUT2D eigenvalue weighted by Gasteiger charge is 2.26. The summed E-state index contributed by atoms with van der Waals surface area (Å²) in [5.41, 5.74) is 0.431. The zero-order valence-electron chi connectivity index (χ0n) is 17.8. The van der Waals surface area contributed by atoms with Crippen molar-refractivity contribution < 1.29 is 24.2 Å². The van der Waals surface area contributed by atoms with Crippen molar-refractivity contribution in [1.82, 2.24) is 4.67 Å². The average Bonchev–Trinajstić information content (AvgIpc) is 2.78. The summed E-state index contributed by atoms with van der Waals surface area (Å²) in [6.07, 6.45) is 2.11. The van der Waals surface area contributed by atoms with Crippen LogP contribution in [-0.4, -0.2) is 48.0 Å². The predicted octanol–water partition coefficient (Wildman–Crippen LogP) is 3.94. The molecule has 1 aliphatic heterocycles. The number of thiol groups is 1. The minimum absolute atomic E-state index is 0.00765. The van der Waals surface area contributed by atoms with Gasteiger partial charge >= 0.3 is 5.97 Å². The number of phenolic OH excluding ortho intramolecular Hbond substituents is 1. The van der Waals surface area contributed by atoms with Gasteiger partial charge in [0.25, 0.3) is 0 Å². The van der Waals surface area contributed by atoms with Crippen LogP contribution in [0.25, 0.3) is 0 Å². The number of nitrogens with zero attached hydrogens (tertiary/aromatic N) is 1. The molecule has 1 fully saturated rings. The predicted molar refractivity (Wildman–Crippen MR) is 133 cm³/mol. The number of nitrogens with one attached hydrogen (secondary N) is 1. The van der Waals surface area contributed by atoms with Crippen molar-refractivity contribution >= 4 is 52.3 Å². The number of morpholine rings is 1. The fourth-order valence-electron chi connectivity index (χ4n) is 3.20. The van der Waals surface area contributed by atoms with Gasteiger partial charge in [-0.15, -0.1) is 12.2 Å². The number of hydrogen-bond donors (Lipinski definition) is 3. The first-order valence-corrected chi connectivity index (χ1v) is 14.3. The molecule has 0 saturated carbocycles. The molecule has 1 aliphatic rings. The SMILES string of the molecule is CCCCC(=O)Nc1ccc(C(=O)Oc2ccc(P(=S)(S)N3CCOCC3)cc2)c(O)c1. The van der Waals surface area contributed by atoms with E-state index in [0.29, 0.717) is 31.1 Å². The molecule has 1 heterocycles. The number of anilines is 1. The standard InChI is InChI=1S/C22H27N2O5PS2/c1-2-3-4-21(26)23-16-5-10-19(20(25)15-16)22(27)29-17-6-8-18(9-7-17)30(31,32)24-11-13-28-14-12-24/h5-10,15,25H,2-4,11-14H2,1H3,(H,23,26)(H,31,32). The maximum atomic E-state index is 12.5. The minimum Gasteiger partial charge on any atom is -0.507 e. The largest absolute Gasteiger partial charge is 0.507 e. The lowest BCUT2D eigenvalue weighted by atomic mass is 10.1. The Morgan fingerprint density at radius 2 is 1.91 bits per heavy atom. The molecule has 172 valence electrons. The Hall–Kier alpha value is -1.90. The number of carbonyl (C=O) groups is 2. The molecule has 1 atom stereocenters. The Labute approximate surface area is 198 Å². The third kappa shape index (κ3) is 6.33. The molecular formula is C22H27N2O5PS2. The quantitative estimate of drug-likeness (QED) is 0.222. The number of unbranched alkanes of at least 4 members (excludes halogenated alkanes) is 1. The van der Waals surface area contributed by atoms with Crippen molar-refractivity contribution in [3.8, 4) is 11.5 Å². The summed E-state index contributed by atoms with van der Waals surface area (Å²) in [7, 11) is 0. The molecule has 2 aromatic carbocycles. The molecule has 1 saturated heterocycles. The lowest BCUT2D eigenvalue weighted by Gasteiger charge is -2.34. The van der Waals surface area contributed by atoms with Crippen LogP contribution in [0.4, 0.5) is 5.69 Å². The van der Waals surface area contributed by atoms with Crippen LogP contribution >= 0.6 is 17.6 Å². The molecule has 0 aromatic heterocycles. The van der Waals surface area contributed by atoms with Crippen LogP contribution in [0.2, 0.25) is 0 Å². The number of amides is 1. The maximum Gasteiger partial charge on any atom is 0.347 e.